The highest BCUT2D eigenvalue weighted by molar-refractivity contribution is 5.80. The van der Waals surface area contributed by atoms with E-state index in [0.717, 1.165) is 38.8 Å². The van der Waals surface area contributed by atoms with Crippen LogP contribution in [-0.2, 0) is 9.53 Å². The van der Waals surface area contributed by atoms with Crippen LogP contribution < -0.4 is 5.73 Å². The second kappa shape index (κ2) is 5.06. The standard InChI is InChI=1S/C15H28N2O2/c1-14(2)8-11(9-15(3,4)19-14)10-17-7-5-6-12(17)13(16)18/h11-12H,5-10H2,1-4H3,(H2,16,18)/t12-/m1/s1. The molecule has 2 N–H and O–H groups in total. The SMILES string of the molecule is CC1(C)CC(CN2CCC[C@@H]2C(N)=O)CC(C)(C)O1. The van der Waals surface area contributed by atoms with Crippen LogP contribution in [0.2, 0.25) is 0 Å². The first-order chi connectivity index (χ1) is 8.69. The van der Waals surface area contributed by atoms with Crippen molar-refractivity contribution in [3.8, 4) is 0 Å². The van der Waals surface area contributed by atoms with E-state index < -0.39 is 0 Å². The van der Waals surface area contributed by atoms with Crippen LogP contribution in [-0.4, -0.2) is 41.1 Å². The lowest BCUT2D eigenvalue weighted by atomic mass is 9.80. The lowest BCUT2D eigenvalue weighted by molar-refractivity contribution is -0.174. The van der Waals surface area contributed by atoms with Crippen molar-refractivity contribution in [2.24, 2.45) is 11.7 Å². The summed E-state index contributed by atoms with van der Waals surface area (Å²) >= 11 is 0. The van der Waals surface area contributed by atoms with Crippen LogP contribution in [0, 0.1) is 5.92 Å². The van der Waals surface area contributed by atoms with Crippen LogP contribution in [0.25, 0.3) is 0 Å². The van der Waals surface area contributed by atoms with Gasteiger partial charge in [-0.05, 0) is 65.8 Å². The van der Waals surface area contributed by atoms with Gasteiger partial charge >= 0.3 is 0 Å². The summed E-state index contributed by atoms with van der Waals surface area (Å²) in [4.78, 5) is 13.7. The van der Waals surface area contributed by atoms with Crippen LogP contribution in [0.4, 0.5) is 0 Å². The summed E-state index contributed by atoms with van der Waals surface area (Å²) in [7, 11) is 0. The Kier molecular flexibility index (Phi) is 3.94. The lowest BCUT2D eigenvalue weighted by Crippen LogP contribution is -2.49. The minimum atomic E-state index is -0.164. The van der Waals surface area contributed by atoms with Crippen LogP contribution in [0.5, 0.6) is 0 Å². The third kappa shape index (κ3) is 3.69. The van der Waals surface area contributed by atoms with E-state index in [-0.39, 0.29) is 23.2 Å². The maximum atomic E-state index is 11.5. The van der Waals surface area contributed by atoms with Crippen LogP contribution >= 0.6 is 0 Å². The van der Waals surface area contributed by atoms with E-state index in [2.05, 4.69) is 32.6 Å². The van der Waals surface area contributed by atoms with Crippen molar-refractivity contribution in [1.82, 2.24) is 4.90 Å². The molecule has 2 fully saturated rings. The van der Waals surface area contributed by atoms with Crippen molar-refractivity contribution in [2.45, 2.75) is 70.6 Å². The molecule has 4 nitrogen and oxygen atoms in total. The van der Waals surface area contributed by atoms with Crippen molar-refractivity contribution < 1.29 is 9.53 Å². The molecule has 0 aromatic carbocycles. The third-order valence-electron chi connectivity index (χ3n) is 4.30. The molecule has 19 heavy (non-hydrogen) atoms. The van der Waals surface area contributed by atoms with Gasteiger partial charge in [-0.15, -0.1) is 0 Å². The van der Waals surface area contributed by atoms with Gasteiger partial charge in [-0.2, -0.15) is 0 Å². The predicted molar refractivity (Wildman–Crippen MR) is 75.8 cm³/mol. The molecule has 0 bridgehead atoms. The Labute approximate surface area is 116 Å². The molecule has 0 aromatic heterocycles. The number of nitrogens with two attached hydrogens (primary N) is 1. The summed E-state index contributed by atoms with van der Waals surface area (Å²) in [6, 6.07) is -0.0472. The Morgan fingerprint density at radius 1 is 1.26 bits per heavy atom. The van der Waals surface area contributed by atoms with Crippen LogP contribution in [0.3, 0.4) is 0 Å². The highest BCUT2D eigenvalue weighted by Gasteiger charge is 2.41. The first-order valence-electron chi connectivity index (χ1n) is 7.42. The first-order valence-corrected chi connectivity index (χ1v) is 7.42. The van der Waals surface area contributed by atoms with E-state index in [1.807, 2.05) is 0 Å². The van der Waals surface area contributed by atoms with Gasteiger partial charge in [0.2, 0.25) is 5.91 Å². The summed E-state index contributed by atoms with van der Waals surface area (Å²) < 4.78 is 6.12. The molecule has 4 heteroatoms. The fourth-order valence-electron chi connectivity index (χ4n) is 4.12. The van der Waals surface area contributed by atoms with Gasteiger partial charge in [0.25, 0.3) is 0 Å². The Bertz CT molecular complexity index is 336. The largest absolute Gasteiger partial charge is 0.370 e. The number of nitrogens with zero attached hydrogens (tertiary/aromatic N) is 1. The molecule has 0 saturated carbocycles. The molecule has 1 atom stereocenters. The molecule has 110 valence electrons. The zero-order chi connectivity index (χ0) is 14.3. The maximum absolute atomic E-state index is 11.5. The molecule has 0 spiro atoms. The van der Waals surface area contributed by atoms with Crippen molar-refractivity contribution in [1.29, 1.82) is 0 Å². The number of rotatable bonds is 3. The van der Waals surface area contributed by atoms with Gasteiger partial charge in [0.1, 0.15) is 0 Å². The Morgan fingerprint density at radius 3 is 2.37 bits per heavy atom. The van der Waals surface area contributed by atoms with E-state index in [4.69, 9.17) is 10.5 Å². The van der Waals surface area contributed by atoms with Crippen LogP contribution in [0.1, 0.15) is 53.4 Å². The van der Waals surface area contributed by atoms with E-state index in [9.17, 15) is 4.79 Å². The normalized spacial score (nSPS) is 31.5. The average Bonchev–Trinajstić information content (AvgIpc) is 2.60. The quantitative estimate of drug-likeness (QED) is 0.851. The van der Waals surface area contributed by atoms with Gasteiger partial charge in [-0.25, -0.2) is 0 Å². The zero-order valence-electron chi connectivity index (χ0n) is 12.7. The van der Waals surface area contributed by atoms with Gasteiger partial charge in [0.15, 0.2) is 0 Å². The van der Waals surface area contributed by atoms with Crippen molar-refractivity contribution in [3.05, 3.63) is 0 Å². The summed E-state index contributed by atoms with van der Waals surface area (Å²) in [6.07, 6.45) is 4.12. The number of hydrogen-bond acceptors (Lipinski definition) is 3. The highest BCUT2D eigenvalue weighted by Crippen LogP contribution is 2.39. The van der Waals surface area contributed by atoms with E-state index >= 15 is 0 Å². The van der Waals surface area contributed by atoms with E-state index in [1.54, 1.807) is 0 Å². The molecule has 1 amide bonds. The monoisotopic (exact) mass is 268 g/mol. The number of ether oxygens (including phenoxy) is 1. The highest BCUT2D eigenvalue weighted by atomic mass is 16.5. The smallest absolute Gasteiger partial charge is 0.234 e. The van der Waals surface area contributed by atoms with Crippen molar-refractivity contribution in [2.75, 3.05) is 13.1 Å². The summed E-state index contributed by atoms with van der Waals surface area (Å²) in [5.41, 5.74) is 5.34. The Hall–Kier alpha value is -0.610. The predicted octanol–water partition coefficient (Wildman–Crippen LogP) is 1.92. The molecule has 0 aliphatic carbocycles. The molecule has 0 radical (unpaired) electrons. The first kappa shape index (κ1) is 14.8. The fraction of sp³-hybridized carbons (Fsp3) is 0.933. The summed E-state index contributed by atoms with van der Waals surface area (Å²) in [5.74, 6) is 0.418. The lowest BCUT2D eigenvalue weighted by Gasteiger charge is -2.46. The Balaban J connectivity index is 2.00. The molecule has 2 aliphatic heterocycles. The average molecular weight is 268 g/mol. The second-order valence-electron chi connectivity index (χ2n) is 7.45. The number of hydrogen-bond donors (Lipinski definition) is 1. The number of primary amides is 1. The molecular weight excluding hydrogens is 240 g/mol. The molecule has 0 aromatic rings. The van der Waals surface area contributed by atoms with Gasteiger partial charge in [-0.3, -0.25) is 9.69 Å². The van der Waals surface area contributed by atoms with Crippen molar-refractivity contribution >= 4 is 5.91 Å². The Morgan fingerprint density at radius 2 is 1.84 bits per heavy atom. The molecule has 2 rings (SSSR count). The molecular formula is C15H28N2O2. The minimum Gasteiger partial charge on any atom is -0.370 e. The minimum absolute atomic E-state index is 0.0472. The fourth-order valence-corrected chi connectivity index (χ4v) is 4.12. The topological polar surface area (TPSA) is 55.6 Å². The number of carbonyl (C=O) groups is 1. The van der Waals surface area contributed by atoms with E-state index in [1.165, 1.54) is 0 Å². The van der Waals surface area contributed by atoms with Crippen LogP contribution in [0.15, 0.2) is 0 Å². The van der Waals surface area contributed by atoms with E-state index in [0.29, 0.717) is 5.92 Å². The molecule has 2 saturated heterocycles. The van der Waals surface area contributed by atoms with Gasteiger partial charge in [0, 0.05) is 6.54 Å². The number of amides is 1. The number of carbonyl (C=O) groups excluding carboxylic acids is 1. The maximum Gasteiger partial charge on any atom is 0.234 e. The van der Waals surface area contributed by atoms with Crippen molar-refractivity contribution in [3.63, 3.8) is 0 Å². The second-order valence-corrected chi connectivity index (χ2v) is 7.45. The summed E-state index contributed by atoms with van der Waals surface area (Å²) in [5, 5.41) is 0. The molecule has 0 unspecified atom stereocenters. The van der Waals surface area contributed by atoms with Gasteiger partial charge in [0.05, 0.1) is 17.2 Å². The number of likely N-dealkylation sites (tertiary alicyclic amines) is 1. The van der Waals surface area contributed by atoms with Gasteiger partial charge < -0.3 is 10.5 Å². The summed E-state index contributed by atoms with van der Waals surface area (Å²) in [6.45, 7) is 10.6. The third-order valence-corrected chi connectivity index (χ3v) is 4.30. The molecule has 2 heterocycles. The van der Waals surface area contributed by atoms with Gasteiger partial charge in [-0.1, -0.05) is 0 Å². The zero-order valence-corrected chi connectivity index (χ0v) is 12.7. The molecule has 2 aliphatic rings.